The van der Waals surface area contributed by atoms with Crippen molar-refractivity contribution in [3.8, 4) is 5.75 Å². The molecule has 0 bridgehead atoms. The Morgan fingerprint density at radius 3 is 2.56 bits per heavy atom. The minimum absolute atomic E-state index is 0. The van der Waals surface area contributed by atoms with Gasteiger partial charge in [0, 0.05) is 52.0 Å². The number of hydrogen-bond donors (Lipinski definition) is 0. The quantitative estimate of drug-likeness (QED) is 0.559. The van der Waals surface area contributed by atoms with E-state index in [0.29, 0.717) is 6.10 Å². The summed E-state index contributed by atoms with van der Waals surface area (Å²) in [6.07, 6.45) is 2.59. The van der Waals surface area contributed by atoms with Gasteiger partial charge in [0.2, 0.25) is 0 Å². The first-order valence-electron chi connectivity index (χ1n) is 5.07. The molecule has 4 heteroatoms. The van der Waals surface area contributed by atoms with Crippen molar-refractivity contribution < 1.29 is 43.7 Å². The molecule has 1 aliphatic rings. The van der Waals surface area contributed by atoms with E-state index in [0.717, 1.165) is 31.7 Å². The van der Waals surface area contributed by atoms with Crippen LogP contribution in [-0.4, -0.2) is 31.1 Å². The molecule has 2 radical (unpaired) electrons. The normalized spacial score (nSPS) is 17.1. The Hall–Kier alpha value is 0.227. The standard InChI is InChI=1S/C12H15NO.2Rh/c1-13-9-7-12(8-10-13)14-11-5-3-2-4-6-11;;/h3-5,12H,7-10H2,1H3;;/q-2;;. The maximum Gasteiger partial charge on any atom is 0.0952 e. The number of hydrogen-bond acceptors (Lipinski definition) is 2. The predicted octanol–water partition coefficient (Wildman–Crippen LogP) is 1.75. The monoisotopic (exact) mass is 395 g/mol. The van der Waals surface area contributed by atoms with Crippen molar-refractivity contribution >= 4 is 0 Å². The summed E-state index contributed by atoms with van der Waals surface area (Å²) in [7, 11) is 2.15. The van der Waals surface area contributed by atoms with Crippen molar-refractivity contribution in [2.24, 2.45) is 0 Å². The first-order chi connectivity index (χ1) is 6.84. The first-order valence-corrected chi connectivity index (χ1v) is 5.07. The van der Waals surface area contributed by atoms with E-state index >= 15 is 0 Å². The zero-order chi connectivity index (χ0) is 9.80. The van der Waals surface area contributed by atoms with Crippen LogP contribution in [0, 0.1) is 12.1 Å². The van der Waals surface area contributed by atoms with Crippen LogP contribution in [0.5, 0.6) is 5.75 Å². The molecule has 1 fully saturated rings. The van der Waals surface area contributed by atoms with Gasteiger partial charge in [0.15, 0.2) is 0 Å². The summed E-state index contributed by atoms with van der Waals surface area (Å²) in [4.78, 5) is 2.34. The molecule has 0 saturated carbocycles. The van der Waals surface area contributed by atoms with Crippen LogP contribution in [0.1, 0.15) is 12.8 Å². The van der Waals surface area contributed by atoms with Gasteiger partial charge in [0.05, 0.1) is 6.10 Å². The van der Waals surface area contributed by atoms with Gasteiger partial charge >= 0.3 is 0 Å². The van der Waals surface area contributed by atoms with Gasteiger partial charge < -0.3 is 27.8 Å². The van der Waals surface area contributed by atoms with E-state index in [1.807, 2.05) is 12.1 Å². The smallest absolute Gasteiger partial charge is 0.0952 e. The van der Waals surface area contributed by atoms with Gasteiger partial charge in [-0.1, -0.05) is 0 Å². The van der Waals surface area contributed by atoms with Gasteiger partial charge in [-0.25, -0.2) is 6.07 Å². The fraction of sp³-hybridized carbons (Fsp3) is 0.500. The SMILES string of the molecule is CN1CCC(Oc2[c-]c[c-]cc2)CC1.[Rh].[Rh]. The molecule has 0 N–H and O–H groups in total. The molecule has 0 spiro atoms. The van der Waals surface area contributed by atoms with Gasteiger partial charge in [0.1, 0.15) is 0 Å². The van der Waals surface area contributed by atoms with E-state index in [2.05, 4.69) is 24.1 Å². The van der Waals surface area contributed by atoms with E-state index in [1.165, 1.54) is 0 Å². The number of likely N-dealkylation sites (tertiary alicyclic amines) is 1. The van der Waals surface area contributed by atoms with E-state index in [-0.39, 0.29) is 39.0 Å². The molecular formula is C12H15NORh2-2. The Morgan fingerprint density at radius 2 is 2.00 bits per heavy atom. The Bertz CT molecular complexity index is 274. The van der Waals surface area contributed by atoms with Crippen molar-refractivity contribution in [3.05, 3.63) is 30.3 Å². The van der Waals surface area contributed by atoms with Crippen molar-refractivity contribution in [1.82, 2.24) is 4.90 Å². The average molecular weight is 395 g/mol. The fourth-order valence-electron chi connectivity index (χ4n) is 1.69. The zero-order valence-corrected chi connectivity index (χ0v) is 12.4. The molecule has 2 nitrogen and oxygen atoms in total. The number of piperidine rings is 1. The summed E-state index contributed by atoms with van der Waals surface area (Å²) < 4.78 is 5.80. The van der Waals surface area contributed by atoms with Crippen LogP contribution in [0.4, 0.5) is 0 Å². The van der Waals surface area contributed by atoms with Crippen LogP contribution in [0.25, 0.3) is 0 Å². The number of benzene rings is 1. The third-order valence-electron chi connectivity index (χ3n) is 2.59. The van der Waals surface area contributed by atoms with Crippen LogP contribution in [0.15, 0.2) is 18.2 Å². The molecule has 0 aromatic heterocycles. The summed E-state index contributed by atoms with van der Waals surface area (Å²) in [6.45, 7) is 2.26. The Balaban J connectivity index is 0.00000112. The Morgan fingerprint density at radius 1 is 1.31 bits per heavy atom. The van der Waals surface area contributed by atoms with Gasteiger partial charge in [0.25, 0.3) is 0 Å². The van der Waals surface area contributed by atoms with Gasteiger partial charge in [-0.3, -0.25) is 6.07 Å². The summed E-state index contributed by atoms with van der Waals surface area (Å²) in [5, 5.41) is 0. The van der Waals surface area contributed by atoms with Gasteiger partial charge in [-0.05, 0) is 19.9 Å². The largest absolute Gasteiger partial charge is 0.540 e. The minimum atomic E-state index is 0. The van der Waals surface area contributed by atoms with E-state index < -0.39 is 0 Å². The molecule has 0 amide bonds. The average Bonchev–Trinajstić information content (AvgIpc) is 2.23. The van der Waals surface area contributed by atoms with E-state index in [9.17, 15) is 0 Å². The first kappa shape index (κ1) is 16.2. The molecule has 0 aliphatic carbocycles. The summed E-state index contributed by atoms with van der Waals surface area (Å²) in [5.41, 5.74) is 0. The van der Waals surface area contributed by atoms with Crippen molar-refractivity contribution in [3.63, 3.8) is 0 Å². The maximum absolute atomic E-state index is 5.80. The molecular weight excluding hydrogens is 380 g/mol. The summed E-state index contributed by atoms with van der Waals surface area (Å²) >= 11 is 0. The van der Waals surface area contributed by atoms with Crippen molar-refractivity contribution in [2.45, 2.75) is 18.9 Å². The Labute approximate surface area is 123 Å². The molecule has 1 aromatic carbocycles. The number of rotatable bonds is 2. The molecule has 1 aliphatic heterocycles. The second kappa shape index (κ2) is 8.34. The molecule has 94 valence electrons. The summed E-state index contributed by atoms with van der Waals surface area (Å²) in [5.74, 6) is 0.846. The van der Waals surface area contributed by atoms with Crippen LogP contribution >= 0.6 is 0 Å². The van der Waals surface area contributed by atoms with Crippen LogP contribution in [-0.2, 0) is 39.0 Å². The van der Waals surface area contributed by atoms with Crippen molar-refractivity contribution in [1.29, 1.82) is 0 Å². The van der Waals surface area contributed by atoms with Crippen molar-refractivity contribution in [2.75, 3.05) is 20.1 Å². The molecule has 16 heavy (non-hydrogen) atoms. The topological polar surface area (TPSA) is 12.5 Å². The third-order valence-corrected chi connectivity index (χ3v) is 2.59. The molecule has 0 atom stereocenters. The minimum Gasteiger partial charge on any atom is -0.540 e. The van der Waals surface area contributed by atoms with E-state index in [1.54, 1.807) is 6.07 Å². The second-order valence-electron chi connectivity index (χ2n) is 3.77. The van der Waals surface area contributed by atoms with E-state index in [4.69, 9.17) is 4.74 Å². The third kappa shape index (κ3) is 5.04. The second-order valence-corrected chi connectivity index (χ2v) is 3.77. The molecule has 1 heterocycles. The summed E-state index contributed by atoms with van der Waals surface area (Å²) in [6, 6.07) is 11.5. The molecule has 0 unspecified atom stereocenters. The zero-order valence-electron chi connectivity index (χ0n) is 9.16. The molecule has 1 aromatic rings. The molecule has 2 rings (SSSR count). The molecule has 1 saturated heterocycles. The van der Waals surface area contributed by atoms with Crippen LogP contribution < -0.4 is 4.74 Å². The number of ether oxygens (including phenoxy) is 1. The van der Waals surface area contributed by atoms with Gasteiger partial charge in [-0.15, -0.1) is 5.75 Å². The van der Waals surface area contributed by atoms with Crippen LogP contribution in [0.2, 0.25) is 0 Å². The van der Waals surface area contributed by atoms with Crippen LogP contribution in [0.3, 0.4) is 0 Å². The number of nitrogens with zero attached hydrogens (tertiary/aromatic N) is 1. The maximum atomic E-state index is 5.80. The van der Waals surface area contributed by atoms with Gasteiger partial charge in [-0.2, -0.15) is 0 Å². The predicted molar refractivity (Wildman–Crippen MR) is 55.3 cm³/mol. The fourth-order valence-corrected chi connectivity index (χ4v) is 1.69. The Kier molecular flexibility index (Phi) is 8.46.